The van der Waals surface area contributed by atoms with E-state index in [2.05, 4.69) is 47.5 Å². The van der Waals surface area contributed by atoms with Crippen LogP contribution in [-0.4, -0.2) is 67.2 Å². The summed E-state index contributed by atoms with van der Waals surface area (Å²) in [6.45, 7) is 1.72. The summed E-state index contributed by atoms with van der Waals surface area (Å²) in [5.74, 6) is 0.326. The van der Waals surface area contributed by atoms with Crippen LogP contribution in [0.1, 0.15) is 17.2 Å². The van der Waals surface area contributed by atoms with Gasteiger partial charge in [-0.15, -0.1) is 0 Å². The summed E-state index contributed by atoms with van der Waals surface area (Å²) in [4.78, 5) is 16.8. The third kappa shape index (κ3) is 4.10. The molecule has 2 aliphatic heterocycles. The van der Waals surface area contributed by atoms with Gasteiger partial charge in [0, 0.05) is 26.1 Å². The second kappa shape index (κ2) is 8.21. The Labute approximate surface area is 172 Å². The van der Waals surface area contributed by atoms with Gasteiger partial charge >= 0.3 is 0 Å². The fourth-order valence-electron chi connectivity index (χ4n) is 4.32. The molecule has 2 heterocycles. The molecule has 1 fully saturated rings. The normalized spacial score (nSPS) is 22.8. The Morgan fingerprint density at radius 3 is 2.41 bits per heavy atom. The van der Waals surface area contributed by atoms with Crippen LogP contribution >= 0.6 is 0 Å². The van der Waals surface area contributed by atoms with Crippen molar-refractivity contribution in [3.63, 3.8) is 0 Å². The molecule has 2 aliphatic rings. The number of carbonyl (C=O) groups excluding carboxylic acids is 1. The van der Waals surface area contributed by atoms with Crippen molar-refractivity contribution in [2.75, 3.05) is 40.8 Å². The van der Waals surface area contributed by atoms with Crippen LogP contribution in [0.25, 0.3) is 6.08 Å². The molecular weight excluding hydrogens is 360 g/mol. The number of fused-ring (bicyclic) bond motifs is 1. The van der Waals surface area contributed by atoms with E-state index in [-0.39, 0.29) is 17.9 Å². The summed E-state index contributed by atoms with van der Waals surface area (Å²) in [5.41, 5.74) is 4.61. The predicted molar refractivity (Wildman–Crippen MR) is 117 cm³/mol. The number of benzene rings is 2. The highest BCUT2D eigenvalue weighted by Gasteiger charge is 2.43. The number of piperidine rings is 1. The topological polar surface area (TPSA) is 39.2 Å². The lowest BCUT2D eigenvalue weighted by molar-refractivity contribution is -0.132. The monoisotopic (exact) mass is 388 g/mol. The first-order valence-electron chi connectivity index (χ1n) is 10.1. The standard InChI is InChI=1S/C24H28N4O/c1-26(2)17-22(29)28-15-20(14-18-10-6-4-7-11-18)23-21(16-28)24(27(3)25-23)19-12-8-5-9-13-19/h4-14,21,24H,15-17H2,1-3H3/b20-14+. The van der Waals surface area contributed by atoms with Gasteiger partial charge in [0.2, 0.25) is 5.91 Å². The first-order chi connectivity index (χ1) is 14.0. The molecule has 150 valence electrons. The molecule has 1 saturated heterocycles. The number of nitrogens with zero attached hydrogens (tertiary/aromatic N) is 4. The molecule has 1 amide bonds. The third-order valence-corrected chi connectivity index (χ3v) is 5.59. The Balaban J connectivity index is 1.71. The maximum Gasteiger partial charge on any atom is 0.237 e. The largest absolute Gasteiger partial charge is 0.336 e. The maximum atomic E-state index is 12.9. The summed E-state index contributed by atoms with van der Waals surface area (Å²) < 4.78 is 0. The molecule has 5 nitrogen and oxygen atoms in total. The number of hydrogen-bond acceptors (Lipinski definition) is 4. The average molecular weight is 389 g/mol. The third-order valence-electron chi connectivity index (χ3n) is 5.59. The van der Waals surface area contributed by atoms with E-state index in [4.69, 9.17) is 5.10 Å². The number of hydrazone groups is 1. The quantitative estimate of drug-likeness (QED) is 0.808. The molecule has 0 spiro atoms. The van der Waals surface area contributed by atoms with Gasteiger partial charge in [-0.05, 0) is 36.9 Å². The van der Waals surface area contributed by atoms with Crippen LogP contribution in [0.3, 0.4) is 0 Å². The molecule has 2 unspecified atom stereocenters. The van der Waals surface area contributed by atoms with E-state index in [0.717, 1.165) is 16.8 Å². The molecule has 5 heteroatoms. The SMILES string of the molecule is CN(C)CC(=O)N1C/C(=C\c2ccccc2)C2=NN(C)C(c3ccccc3)C2C1. The van der Waals surface area contributed by atoms with Crippen LogP contribution in [0, 0.1) is 5.92 Å². The van der Waals surface area contributed by atoms with E-state index >= 15 is 0 Å². The summed E-state index contributed by atoms with van der Waals surface area (Å²) in [6.07, 6.45) is 2.18. The van der Waals surface area contributed by atoms with Crippen molar-refractivity contribution in [3.8, 4) is 0 Å². The fourth-order valence-corrected chi connectivity index (χ4v) is 4.32. The number of likely N-dealkylation sites (N-methyl/N-ethyl adjacent to an activating group) is 1. The van der Waals surface area contributed by atoms with E-state index in [0.29, 0.717) is 19.6 Å². The van der Waals surface area contributed by atoms with Gasteiger partial charge in [-0.2, -0.15) is 5.10 Å². The maximum absolute atomic E-state index is 12.9. The van der Waals surface area contributed by atoms with Gasteiger partial charge in [-0.25, -0.2) is 0 Å². The first-order valence-corrected chi connectivity index (χ1v) is 10.1. The van der Waals surface area contributed by atoms with E-state index in [1.807, 2.05) is 55.2 Å². The minimum atomic E-state index is 0.139. The van der Waals surface area contributed by atoms with Gasteiger partial charge in [0.25, 0.3) is 0 Å². The van der Waals surface area contributed by atoms with E-state index < -0.39 is 0 Å². The molecule has 2 aromatic rings. The van der Waals surface area contributed by atoms with Crippen LogP contribution in [-0.2, 0) is 4.79 Å². The highest BCUT2D eigenvalue weighted by atomic mass is 16.2. The molecule has 4 rings (SSSR count). The van der Waals surface area contributed by atoms with Gasteiger partial charge in [0.1, 0.15) is 0 Å². The van der Waals surface area contributed by atoms with Gasteiger partial charge in [-0.1, -0.05) is 60.7 Å². The summed E-state index contributed by atoms with van der Waals surface area (Å²) in [6, 6.07) is 20.9. The Morgan fingerprint density at radius 1 is 1.10 bits per heavy atom. The van der Waals surface area contributed by atoms with Crippen LogP contribution in [0.15, 0.2) is 71.3 Å². The molecule has 0 aromatic heterocycles. The number of rotatable bonds is 4. The van der Waals surface area contributed by atoms with Gasteiger partial charge in [-0.3, -0.25) is 9.80 Å². The summed E-state index contributed by atoms with van der Waals surface area (Å²) in [7, 11) is 5.91. The van der Waals surface area contributed by atoms with E-state index in [1.54, 1.807) is 0 Å². The Hall–Kier alpha value is -2.92. The Kier molecular flexibility index (Phi) is 5.49. The van der Waals surface area contributed by atoms with Crippen molar-refractivity contribution in [2.24, 2.45) is 11.0 Å². The molecule has 0 saturated carbocycles. The van der Waals surface area contributed by atoms with Crippen LogP contribution in [0.2, 0.25) is 0 Å². The van der Waals surface area contributed by atoms with Crippen molar-refractivity contribution >= 4 is 17.7 Å². The van der Waals surface area contributed by atoms with Crippen molar-refractivity contribution < 1.29 is 4.79 Å². The number of hydrogen-bond donors (Lipinski definition) is 0. The first kappa shape index (κ1) is 19.4. The van der Waals surface area contributed by atoms with Gasteiger partial charge in [0.05, 0.1) is 18.3 Å². The van der Waals surface area contributed by atoms with E-state index in [1.165, 1.54) is 5.56 Å². The fraction of sp³-hybridized carbons (Fsp3) is 0.333. The zero-order valence-corrected chi connectivity index (χ0v) is 17.3. The molecule has 29 heavy (non-hydrogen) atoms. The van der Waals surface area contributed by atoms with Crippen molar-refractivity contribution in [3.05, 3.63) is 77.4 Å². The smallest absolute Gasteiger partial charge is 0.237 e. The second-order valence-corrected chi connectivity index (χ2v) is 8.11. The molecule has 0 bridgehead atoms. The van der Waals surface area contributed by atoms with Crippen molar-refractivity contribution in [2.45, 2.75) is 6.04 Å². The highest BCUT2D eigenvalue weighted by Crippen LogP contribution is 2.39. The molecule has 2 atom stereocenters. The average Bonchev–Trinajstić information content (AvgIpc) is 3.05. The van der Waals surface area contributed by atoms with Crippen LogP contribution in [0.5, 0.6) is 0 Å². The number of likely N-dealkylation sites (tertiary alicyclic amines) is 1. The van der Waals surface area contributed by atoms with E-state index in [9.17, 15) is 4.79 Å². The second-order valence-electron chi connectivity index (χ2n) is 8.11. The Morgan fingerprint density at radius 2 is 1.76 bits per heavy atom. The Bertz CT molecular complexity index is 920. The van der Waals surface area contributed by atoms with Gasteiger partial charge < -0.3 is 9.80 Å². The zero-order valence-electron chi connectivity index (χ0n) is 17.3. The van der Waals surface area contributed by atoms with Crippen molar-refractivity contribution in [1.29, 1.82) is 0 Å². The van der Waals surface area contributed by atoms with Gasteiger partial charge in [0.15, 0.2) is 0 Å². The molecule has 0 radical (unpaired) electrons. The lowest BCUT2D eigenvalue weighted by Gasteiger charge is -2.36. The lowest BCUT2D eigenvalue weighted by atomic mass is 9.83. The highest BCUT2D eigenvalue weighted by molar-refractivity contribution is 6.08. The zero-order chi connectivity index (χ0) is 20.4. The lowest BCUT2D eigenvalue weighted by Crippen LogP contribution is -2.48. The summed E-state index contributed by atoms with van der Waals surface area (Å²) in [5, 5.41) is 7.00. The van der Waals surface area contributed by atoms with Crippen LogP contribution < -0.4 is 0 Å². The molecule has 0 aliphatic carbocycles. The van der Waals surface area contributed by atoms with Crippen molar-refractivity contribution in [1.82, 2.24) is 14.8 Å². The number of carbonyl (C=O) groups is 1. The minimum Gasteiger partial charge on any atom is -0.336 e. The molecular formula is C24H28N4O. The molecule has 2 aromatic carbocycles. The predicted octanol–water partition coefficient (Wildman–Crippen LogP) is 3.13. The number of amides is 1. The molecule has 0 N–H and O–H groups in total. The summed E-state index contributed by atoms with van der Waals surface area (Å²) >= 11 is 0. The minimum absolute atomic E-state index is 0.139. The van der Waals surface area contributed by atoms with Crippen LogP contribution in [0.4, 0.5) is 0 Å².